The molecule has 0 bridgehead atoms. The molecule has 0 unspecified atom stereocenters. The van der Waals surface area contributed by atoms with Crippen LogP contribution in [-0.2, 0) is 15.3 Å². The van der Waals surface area contributed by atoms with Crippen LogP contribution in [0.4, 0.5) is 5.69 Å². The van der Waals surface area contributed by atoms with Gasteiger partial charge >= 0.3 is 5.97 Å². The van der Waals surface area contributed by atoms with Crippen LogP contribution in [0.2, 0.25) is 0 Å². The summed E-state index contributed by atoms with van der Waals surface area (Å²) >= 11 is 1.33. The normalized spacial score (nSPS) is 10.6. The number of nitro groups is 1. The van der Waals surface area contributed by atoms with Gasteiger partial charge in [-0.25, -0.2) is 0 Å². The molecular weight excluding hydrogens is 360 g/mol. The minimum absolute atomic E-state index is 0.0748. The number of aryl methyl sites for hydroxylation is 3. The van der Waals surface area contributed by atoms with Gasteiger partial charge in [-0.05, 0) is 20.8 Å². The van der Waals surface area contributed by atoms with Crippen molar-refractivity contribution in [1.29, 1.82) is 0 Å². The Morgan fingerprint density at radius 2 is 2.04 bits per heavy atom. The fourth-order valence-corrected chi connectivity index (χ4v) is 3.16. The molecule has 0 spiro atoms. The highest BCUT2D eigenvalue weighted by Gasteiger charge is 2.17. The molecule has 1 heterocycles. The molecule has 0 radical (unpaired) electrons. The number of esters is 1. The molecule has 1 aromatic carbocycles. The number of nitrogens with zero attached hydrogens (tertiary/aromatic N) is 2. The van der Waals surface area contributed by atoms with Crippen molar-refractivity contribution in [3.8, 4) is 0 Å². The van der Waals surface area contributed by atoms with Crippen molar-refractivity contribution in [3.63, 3.8) is 0 Å². The van der Waals surface area contributed by atoms with Gasteiger partial charge in [0.2, 0.25) is 5.78 Å². The number of thioether (sulfide) groups is 1. The second-order valence-electron chi connectivity index (χ2n) is 5.64. The van der Waals surface area contributed by atoms with Crippen molar-refractivity contribution in [1.82, 2.24) is 5.16 Å². The van der Waals surface area contributed by atoms with Gasteiger partial charge in [0.15, 0.2) is 6.61 Å². The van der Waals surface area contributed by atoms with Crippen LogP contribution in [0.5, 0.6) is 0 Å². The summed E-state index contributed by atoms with van der Waals surface area (Å²) in [5.41, 5.74) is 2.17. The Bertz CT molecular complexity index is 826. The lowest BCUT2D eigenvalue weighted by Crippen LogP contribution is -2.16. The van der Waals surface area contributed by atoms with Gasteiger partial charge in [0.25, 0.3) is 5.69 Å². The lowest BCUT2D eigenvalue weighted by atomic mass is 10.1. The largest absolute Gasteiger partial charge is 0.457 e. The number of benzene rings is 1. The van der Waals surface area contributed by atoms with Gasteiger partial charge in [0, 0.05) is 28.5 Å². The van der Waals surface area contributed by atoms with E-state index >= 15 is 0 Å². The van der Waals surface area contributed by atoms with Crippen molar-refractivity contribution in [2.45, 2.75) is 26.5 Å². The summed E-state index contributed by atoms with van der Waals surface area (Å²) < 4.78 is 9.99. The Morgan fingerprint density at radius 1 is 1.31 bits per heavy atom. The average molecular weight is 378 g/mol. The molecular formula is C17H18N2O6S. The Hall–Kier alpha value is -2.68. The molecule has 0 amide bonds. The van der Waals surface area contributed by atoms with E-state index in [0.29, 0.717) is 17.1 Å². The quantitative estimate of drug-likeness (QED) is 0.298. The highest BCUT2D eigenvalue weighted by atomic mass is 32.2. The predicted octanol–water partition coefficient (Wildman–Crippen LogP) is 3.17. The van der Waals surface area contributed by atoms with E-state index in [4.69, 9.17) is 9.26 Å². The van der Waals surface area contributed by atoms with Crippen molar-refractivity contribution in [2.75, 3.05) is 12.4 Å². The van der Waals surface area contributed by atoms with E-state index in [1.165, 1.54) is 30.0 Å². The summed E-state index contributed by atoms with van der Waals surface area (Å²) in [6.45, 7) is 4.76. The molecule has 0 aliphatic carbocycles. The maximum atomic E-state index is 12.1. The summed E-state index contributed by atoms with van der Waals surface area (Å²) in [6.07, 6.45) is 0. The van der Waals surface area contributed by atoms with Crippen LogP contribution in [0.25, 0.3) is 0 Å². The average Bonchev–Trinajstić information content (AvgIpc) is 2.91. The molecule has 0 N–H and O–H groups in total. The molecule has 0 aliphatic heterocycles. The molecule has 8 nitrogen and oxygen atoms in total. The fraction of sp³-hybridized carbons (Fsp3) is 0.353. The van der Waals surface area contributed by atoms with Crippen molar-refractivity contribution < 1.29 is 23.8 Å². The summed E-state index contributed by atoms with van der Waals surface area (Å²) in [5.74, 6) is 0.313. The standard InChI is InChI=1S/C17H18N2O6S/c1-10-4-5-13(6-15(10)19(22)23)16(20)7-24-17(21)9-26-8-14-11(2)18-25-12(14)3/h4-6H,7-9H2,1-3H3. The molecule has 0 atom stereocenters. The second-order valence-corrected chi connectivity index (χ2v) is 6.62. The van der Waals surface area contributed by atoms with E-state index in [9.17, 15) is 19.7 Å². The van der Waals surface area contributed by atoms with Crippen molar-refractivity contribution in [2.24, 2.45) is 0 Å². The first-order valence-corrected chi connectivity index (χ1v) is 8.88. The molecule has 2 aromatic rings. The zero-order valence-corrected chi connectivity index (χ0v) is 15.4. The smallest absolute Gasteiger partial charge is 0.316 e. The number of nitro benzene ring substituents is 1. The van der Waals surface area contributed by atoms with Crippen molar-refractivity contribution >= 4 is 29.2 Å². The minimum atomic E-state index is -0.552. The Labute approximate surface area is 154 Å². The van der Waals surface area contributed by atoms with Crippen LogP contribution in [-0.4, -0.2) is 34.2 Å². The molecule has 0 saturated heterocycles. The molecule has 0 fully saturated rings. The van der Waals surface area contributed by atoms with E-state index in [1.54, 1.807) is 13.8 Å². The third-order valence-electron chi connectivity index (χ3n) is 3.74. The lowest BCUT2D eigenvalue weighted by Gasteiger charge is -2.05. The van der Waals surface area contributed by atoms with Crippen molar-refractivity contribution in [3.05, 3.63) is 56.5 Å². The molecule has 138 valence electrons. The molecule has 26 heavy (non-hydrogen) atoms. The van der Waals surface area contributed by atoms with E-state index in [0.717, 1.165) is 11.3 Å². The van der Waals surface area contributed by atoms with Gasteiger partial charge in [-0.15, -0.1) is 11.8 Å². The molecule has 9 heteroatoms. The lowest BCUT2D eigenvalue weighted by molar-refractivity contribution is -0.385. The van der Waals surface area contributed by atoms with Gasteiger partial charge in [-0.1, -0.05) is 17.3 Å². The number of hydrogen-bond donors (Lipinski definition) is 0. The van der Waals surface area contributed by atoms with Crippen LogP contribution in [0, 0.1) is 30.9 Å². The number of aromatic nitrogens is 1. The second kappa shape index (κ2) is 8.61. The number of carbonyl (C=O) groups is 2. The number of hydrogen-bond acceptors (Lipinski definition) is 8. The Morgan fingerprint density at radius 3 is 2.65 bits per heavy atom. The molecule has 0 aliphatic rings. The first kappa shape index (κ1) is 19.6. The van der Waals surface area contributed by atoms with E-state index in [2.05, 4.69) is 5.16 Å². The van der Waals surface area contributed by atoms with Gasteiger partial charge in [-0.2, -0.15) is 0 Å². The SMILES string of the molecule is Cc1ccc(C(=O)COC(=O)CSCc2c(C)noc2C)cc1[N+](=O)[O-]. The molecule has 0 saturated carbocycles. The number of ether oxygens (including phenoxy) is 1. The number of Topliss-reactive ketones (excluding diaryl/α,β-unsaturated/α-hetero) is 1. The maximum Gasteiger partial charge on any atom is 0.316 e. The first-order valence-electron chi connectivity index (χ1n) is 7.73. The maximum absolute atomic E-state index is 12.1. The highest BCUT2D eigenvalue weighted by molar-refractivity contribution is 7.99. The Balaban J connectivity index is 1.82. The molecule has 1 aromatic heterocycles. The summed E-state index contributed by atoms with van der Waals surface area (Å²) in [7, 11) is 0. The number of carbonyl (C=O) groups excluding carboxylic acids is 2. The van der Waals surface area contributed by atoms with Crippen LogP contribution < -0.4 is 0 Å². The van der Waals surface area contributed by atoms with E-state index in [-0.39, 0.29) is 17.0 Å². The first-order chi connectivity index (χ1) is 12.3. The zero-order valence-electron chi connectivity index (χ0n) is 14.6. The van der Waals surface area contributed by atoms with Crippen LogP contribution in [0.1, 0.15) is 32.9 Å². The number of ketones is 1. The van der Waals surface area contributed by atoms with Gasteiger partial charge < -0.3 is 9.26 Å². The predicted molar refractivity (Wildman–Crippen MR) is 95.3 cm³/mol. The number of rotatable bonds is 8. The van der Waals surface area contributed by atoms with Gasteiger partial charge in [-0.3, -0.25) is 19.7 Å². The van der Waals surface area contributed by atoms with Gasteiger partial charge in [0.05, 0.1) is 16.4 Å². The Kier molecular flexibility index (Phi) is 6.51. The van der Waals surface area contributed by atoms with E-state index < -0.39 is 23.3 Å². The minimum Gasteiger partial charge on any atom is -0.457 e. The third-order valence-corrected chi connectivity index (χ3v) is 4.67. The van der Waals surface area contributed by atoms with E-state index in [1.807, 2.05) is 6.92 Å². The summed E-state index contributed by atoms with van der Waals surface area (Å²) in [5, 5.41) is 14.8. The highest BCUT2D eigenvalue weighted by Crippen LogP contribution is 2.21. The fourth-order valence-electron chi connectivity index (χ4n) is 2.19. The monoisotopic (exact) mass is 378 g/mol. The van der Waals surface area contributed by atoms with Crippen LogP contribution >= 0.6 is 11.8 Å². The van der Waals surface area contributed by atoms with Gasteiger partial charge in [0.1, 0.15) is 5.76 Å². The summed E-state index contributed by atoms with van der Waals surface area (Å²) in [6, 6.07) is 4.16. The van der Waals surface area contributed by atoms with Crippen LogP contribution in [0.3, 0.4) is 0 Å². The molecule has 2 rings (SSSR count). The topological polar surface area (TPSA) is 113 Å². The third kappa shape index (κ3) is 4.92. The zero-order chi connectivity index (χ0) is 19.3. The summed E-state index contributed by atoms with van der Waals surface area (Å²) in [4.78, 5) is 34.2. The van der Waals surface area contributed by atoms with Crippen LogP contribution in [0.15, 0.2) is 22.7 Å².